The van der Waals surface area contributed by atoms with Gasteiger partial charge in [0.25, 0.3) is 0 Å². The molecular weight excluding hydrogens is 176 g/mol. The third kappa shape index (κ3) is 2.31. The predicted molar refractivity (Wildman–Crippen MR) is 56.0 cm³/mol. The minimum atomic E-state index is -0.421. The van der Waals surface area contributed by atoms with Crippen LogP contribution in [0.1, 0.15) is 42.6 Å². The lowest BCUT2D eigenvalue weighted by Crippen LogP contribution is -2.12. The van der Waals surface area contributed by atoms with Crippen LogP contribution in [0.3, 0.4) is 0 Å². The van der Waals surface area contributed by atoms with Gasteiger partial charge in [-0.15, -0.1) is 0 Å². The maximum absolute atomic E-state index is 10.9. The van der Waals surface area contributed by atoms with Crippen molar-refractivity contribution in [3.8, 4) is 0 Å². The number of hydrogen-bond donors (Lipinski definition) is 1. The van der Waals surface area contributed by atoms with E-state index < -0.39 is 5.91 Å². The molecule has 0 aromatic carbocycles. The van der Waals surface area contributed by atoms with Crippen molar-refractivity contribution in [1.29, 1.82) is 0 Å². The predicted octanol–water partition coefficient (Wildman–Crippen LogP) is 1.94. The van der Waals surface area contributed by atoms with Gasteiger partial charge in [-0.05, 0) is 23.5 Å². The van der Waals surface area contributed by atoms with E-state index in [4.69, 9.17) is 5.73 Å². The summed E-state index contributed by atoms with van der Waals surface area (Å²) in [5.41, 5.74) is 6.73. The molecule has 0 bridgehead atoms. The van der Waals surface area contributed by atoms with Crippen LogP contribution in [0.4, 0.5) is 0 Å². The Morgan fingerprint density at radius 2 is 2.00 bits per heavy atom. The van der Waals surface area contributed by atoms with E-state index >= 15 is 0 Å². The van der Waals surface area contributed by atoms with Crippen LogP contribution in [0.2, 0.25) is 0 Å². The molecule has 2 N–H and O–H groups in total. The Morgan fingerprint density at radius 1 is 1.36 bits per heavy atom. The molecular formula is C11H16N2O. The average molecular weight is 192 g/mol. The normalized spacial score (nSPS) is 12.9. The van der Waals surface area contributed by atoms with Gasteiger partial charge in [-0.3, -0.25) is 9.78 Å². The summed E-state index contributed by atoms with van der Waals surface area (Å²) in [7, 11) is 0. The van der Waals surface area contributed by atoms with E-state index in [1.165, 1.54) is 6.20 Å². The number of primary amides is 1. The Kier molecular flexibility index (Phi) is 3.23. The van der Waals surface area contributed by atoms with Gasteiger partial charge >= 0.3 is 0 Å². The highest BCUT2D eigenvalue weighted by molar-refractivity contribution is 5.92. The van der Waals surface area contributed by atoms with Crippen LogP contribution >= 0.6 is 0 Å². The third-order valence-corrected chi connectivity index (χ3v) is 2.57. The zero-order chi connectivity index (χ0) is 10.7. The van der Waals surface area contributed by atoms with Crippen LogP contribution in [-0.2, 0) is 0 Å². The van der Waals surface area contributed by atoms with Gasteiger partial charge in [0.15, 0.2) is 0 Å². The topological polar surface area (TPSA) is 56.0 Å². The summed E-state index contributed by atoms with van der Waals surface area (Å²) >= 11 is 0. The molecule has 1 aromatic heterocycles. The van der Waals surface area contributed by atoms with Crippen LogP contribution in [0, 0.1) is 5.92 Å². The molecule has 1 heterocycles. The number of pyridine rings is 1. The molecule has 0 saturated heterocycles. The molecule has 0 saturated carbocycles. The van der Waals surface area contributed by atoms with E-state index in [1.54, 1.807) is 6.20 Å². The second kappa shape index (κ2) is 4.22. The highest BCUT2D eigenvalue weighted by atomic mass is 16.1. The van der Waals surface area contributed by atoms with Gasteiger partial charge in [-0.2, -0.15) is 0 Å². The molecule has 14 heavy (non-hydrogen) atoms. The molecule has 0 radical (unpaired) electrons. The van der Waals surface area contributed by atoms with Crippen molar-refractivity contribution in [2.45, 2.75) is 26.7 Å². The quantitative estimate of drug-likeness (QED) is 0.795. The van der Waals surface area contributed by atoms with Crippen LogP contribution in [-0.4, -0.2) is 10.9 Å². The summed E-state index contributed by atoms with van der Waals surface area (Å²) in [5.74, 6) is 0.497. The summed E-state index contributed by atoms with van der Waals surface area (Å²) < 4.78 is 0. The smallest absolute Gasteiger partial charge is 0.250 e. The molecule has 1 atom stereocenters. The minimum Gasteiger partial charge on any atom is -0.366 e. The standard InChI is InChI=1S/C11H16N2O/c1-7(2)8(3)9-4-10(11(12)14)6-13-5-9/h4-8H,1-3H3,(H2,12,14). The van der Waals surface area contributed by atoms with E-state index in [0.29, 0.717) is 17.4 Å². The largest absolute Gasteiger partial charge is 0.366 e. The highest BCUT2D eigenvalue weighted by Crippen LogP contribution is 2.23. The molecule has 3 nitrogen and oxygen atoms in total. The van der Waals surface area contributed by atoms with Crippen LogP contribution in [0.5, 0.6) is 0 Å². The van der Waals surface area contributed by atoms with Gasteiger partial charge in [0, 0.05) is 12.4 Å². The maximum atomic E-state index is 10.9. The number of nitrogens with two attached hydrogens (primary N) is 1. The second-order valence-corrected chi connectivity index (χ2v) is 3.90. The maximum Gasteiger partial charge on any atom is 0.250 e. The molecule has 76 valence electrons. The summed E-state index contributed by atoms with van der Waals surface area (Å²) in [6, 6.07) is 1.82. The molecule has 0 aliphatic rings. The van der Waals surface area contributed by atoms with Gasteiger partial charge in [0.1, 0.15) is 0 Å². The van der Waals surface area contributed by atoms with Crippen LogP contribution in [0.15, 0.2) is 18.5 Å². The lowest BCUT2D eigenvalue weighted by Gasteiger charge is -2.15. The number of hydrogen-bond acceptors (Lipinski definition) is 2. The number of carbonyl (C=O) groups is 1. The first-order chi connectivity index (χ1) is 6.52. The zero-order valence-corrected chi connectivity index (χ0v) is 8.82. The summed E-state index contributed by atoms with van der Waals surface area (Å²) in [5, 5.41) is 0. The Morgan fingerprint density at radius 3 is 2.50 bits per heavy atom. The lowest BCUT2D eigenvalue weighted by molar-refractivity contribution is 0.1000. The SMILES string of the molecule is CC(C)C(C)c1cncc(C(N)=O)c1. The van der Waals surface area contributed by atoms with Crippen molar-refractivity contribution < 1.29 is 4.79 Å². The minimum absolute atomic E-state index is 0.391. The first kappa shape index (κ1) is 10.7. The Bertz CT molecular complexity index is 334. The van der Waals surface area contributed by atoms with Gasteiger partial charge < -0.3 is 5.73 Å². The third-order valence-electron chi connectivity index (χ3n) is 2.57. The molecule has 0 aliphatic carbocycles. The van der Waals surface area contributed by atoms with E-state index in [1.807, 2.05) is 6.07 Å². The summed E-state index contributed by atoms with van der Waals surface area (Å²) in [6.07, 6.45) is 3.29. The molecule has 0 fully saturated rings. The Labute approximate surface area is 84.3 Å². The van der Waals surface area contributed by atoms with Crippen molar-refractivity contribution in [3.05, 3.63) is 29.6 Å². The molecule has 1 amide bonds. The Balaban J connectivity index is 2.99. The summed E-state index contributed by atoms with van der Waals surface area (Å²) in [6.45, 7) is 6.40. The fourth-order valence-electron chi connectivity index (χ4n) is 1.23. The second-order valence-electron chi connectivity index (χ2n) is 3.90. The van der Waals surface area contributed by atoms with Crippen LogP contribution in [0.25, 0.3) is 0 Å². The summed E-state index contributed by atoms with van der Waals surface area (Å²) in [4.78, 5) is 14.9. The van der Waals surface area contributed by atoms with Crippen molar-refractivity contribution in [2.24, 2.45) is 11.7 Å². The highest BCUT2D eigenvalue weighted by Gasteiger charge is 2.11. The van der Waals surface area contributed by atoms with Gasteiger partial charge in [0.2, 0.25) is 5.91 Å². The molecule has 1 unspecified atom stereocenters. The number of rotatable bonds is 3. The average Bonchev–Trinajstić information content (AvgIpc) is 2.16. The zero-order valence-electron chi connectivity index (χ0n) is 8.82. The van der Waals surface area contributed by atoms with Gasteiger partial charge in [-0.1, -0.05) is 20.8 Å². The number of carbonyl (C=O) groups excluding carboxylic acids is 1. The molecule has 3 heteroatoms. The number of aromatic nitrogens is 1. The lowest BCUT2D eigenvalue weighted by atomic mass is 9.91. The fraction of sp³-hybridized carbons (Fsp3) is 0.455. The van der Waals surface area contributed by atoms with E-state index in [-0.39, 0.29) is 0 Å². The monoisotopic (exact) mass is 192 g/mol. The van der Waals surface area contributed by atoms with Crippen LogP contribution < -0.4 is 5.73 Å². The molecule has 1 aromatic rings. The van der Waals surface area contributed by atoms with E-state index in [2.05, 4.69) is 25.8 Å². The molecule has 0 spiro atoms. The van der Waals surface area contributed by atoms with Gasteiger partial charge in [-0.25, -0.2) is 0 Å². The van der Waals surface area contributed by atoms with Crippen molar-refractivity contribution >= 4 is 5.91 Å². The number of nitrogens with zero attached hydrogens (tertiary/aromatic N) is 1. The van der Waals surface area contributed by atoms with Crippen molar-refractivity contribution in [1.82, 2.24) is 4.98 Å². The first-order valence-corrected chi connectivity index (χ1v) is 4.77. The first-order valence-electron chi connectivity index (χ1n) is 4.77. The van der Waals surface area contributed by atoms with E-state index in [9.17, 15) is 4.79 Å². The Hall–Kier alpha value is -1.38. The van der Waals surface area contributed by atoms with Crippen molar-refractivity contribution in [2.75, 3.05) is 0 Å². The fourth-order valence-corrected chi connectivity index (χ4v) is 1.23. The molecule has 1 rings (SSSR count). The molecule has 0 aliphatic heterocycles. The number of amides is 1. The van der Waals surface area contributed by atoms with Crippen molar-refractivity contribution in [3.63, 3.8) is 0 Å². The van der Waals surface area contributed by atoms with E-state index in [0.717, 1.165) is 5.56 Å². The van der Waals surface area contributed by atoms with Gasteiger partial charge in [0.05, 0.1) is 5.56 Å².